The molecule has 2 aromatic heterocycles. The lowest BCUT2D eigenvalue weighted by Gasteiger charge is -2.36. The van der Waals surface area contributed by atoms with Gasteiger partial charge in [-0.25, -0.2) is 4.98 Å². The summed E-state index contributed by atoms with van der Waals surface area (Å²) in [6.07, 6.45) is 3.58. The Morgan fingerprint density at radius 3 is 2.91 bits per heavy atom. The van der Waals surface area contributed by atoms with E-state index in [9.17, 15) is 9.59 Å². The lowest BCUT2D eigenvalue weighted by molar-refractivity contribution is -0.129. The van der Waals surface area contributed by atoms with Crippen molar-refractivity contribution in [3.8, 4) is 17.2 Å². The summed E-state index contributed by atoms with van der Waals surface area (Å²) >= 11 is 0. The van der Waals surface area contributed by atoms with Crippen LogP contribution in [0, 0.1) is 0 Å². The first kappa shape index (κ1) is 20.2. The molecule has 166 valence electrons. The Bertz CT molecular complexity index is 1100. The molecule has 2 N–H and O–H groups in total. The molecule has 0 bridgehead atoms. The maximum atomic E-state index is 12.4. The van der Waals surface area contributed by atoms with Crippen molar-refractivity contribution in [2.45, 2.75) is 31.0 Å². The number of ether oxygens (including phenoxy) is 1. The molecule has 3 atom stereocenters. The molecule has 2 aliphatic rings. The summed E-state index contributed by atoms with van der Waals surface area (Å²) in [5, 5.41) is 14.2. The number of benzene rings is 1. The average Bonchev–Trinajstić information content (AvgIpc) is 3.57. The van der Waals surface area contributed by atoms with Gasteiger partial charge in [-0.05, 0) is 30.7 Å². The molecular weight excluding hydrogens is 416 g/mol. The highest BCUT2D eigenvalue weighted by Gasteiger charge is 2.44. The van der Waals surface area contributed by atoms with Crippen molar-refractivity contribution in [1.29, 1.82) is 0 Å². The summed E-state index contributed by atoms with van der Waals surface area (Å²) in [6.45, 7) is 1.01. The van der Waals surface area contributed by atoms with Gasteiger partial charge >= 0.3 is 0 Å². The van der Waals surface area contributed by atoms with Gasteiger partial charge in [0, 0.05) is 37.2 Å². The molecule has 11 nitrogen and oxygen atoms in total. The van der Waals surface area contributed by atoms with Gasteiger partial charge in [-0.15, -0.1) is 10.2 Å². The third-order valence-electron chi connectivity index (χ3n) is 5.83. The van der Waals surface area contributed by atoms with Crippen LogP contribution in [0.5, 0.6) is 5.75 Å². The Kier molecular flexibility index (Phi) is 5.31. The summed E-state index contributed by atoms with van der Waals surface area (Å²) in [5.41, 5.74) is 0.802. The lowest BCUT2D eigenvalue weighted by Crippen LogP contribution is -2.58. The second-order valence-corrected chi connectivity index (χ2v) is 7.82. The van der Waals surface area contributed by atoms with Crippen molar-refractivity contribution >= 4 is 11.8 Å². The van der Waals surface area contributed by atoms with E-state index in [1.807, 2.05) is 24.3 Å². The van der Waals surface area contributed by atoms with Crippen LogP contribution in [-0.2, 0) is 11.2 Å². The molecule has 2 fully saturated rings. The van der Waals surface area contributed by atoms with E-state index in [1.165, 1.54) is 12.6 Å². The molecule has 2 aliphatic heterocycles. The minimum Gasteiger partial charge on any atom is -0.497 e. The second kappa shape index (κ2) is 8.42. The maximum absolute atomic E-state index is 12.4. The number of carbonyl (C=O) groups is 2. The highest BCUT2D eigenvalue weighted by molar-refractivity contribution is 5.91. The predicted octanol–water partition coefficient (Wildman–Crippen LogP) is 0.647. The first-order chi connectivity index (χ1) is 15.6. The number of rotatable bonds is 6. The molecule has 11 heteroatoms. The Labute approximate surface area is 183 Å². The Balaban J connectivity index is 1.26. The highest BCUT2D eigenvalue weighted by Crippen LogP contribution is 2.27. The second-order valence-electron chi connectivity index (χ2n) is 7.82. The van der Waals surface area contributed by atoms with Crippen LogP contribution in [0.15, 0.2) is 45.7 Å². The van der Waals surface area contributed by atoms with Gasteiger partial charge in [-0.2, -0.15) is 0 Å². The van der Waals surface area contributed by atoms with Crippen LogP contribution in [0.2, 0.25) is 0 Å². The summed E-state index contributed by atoms with van der Waals surface area (Å²) in [5.74, 6) is 1.43. The number of carbonyl (C=O) groups excluding carboxylic acids is 2. The van der Waals surface area contributed by atoms with Gasteiger partial charge in [-0.1, -0.05) is 0 Å². The third-order valence-corrected chi connectivity index (χ3v) is 5.83. The van der Waals surface area contributed by atoms with E-state index in [0.717, 1.165) is 11.3 Å². The van der Waals surface area contributed by atoms with E-state index in [-0.39, 0.29) is 35.7 Å². The molecule has 4 heterocycles. The number of amides is 2. The minimum atomic E-state index is -0.342. The Morgan fingerprint density at radius 1 is 1.31 bits per heavy atom. The van der Waals surface area contributed by atoms with Gasteiger partial charge in [-0.3, -0.25) is 14.5 Å². The van der Waals surface area contributed by atoms with Crippen LogP contribution in [0.25, 0.3) is 11.5 Å². The summed E-state index contributed by atoms with van der Waals surface area (Å²) in [4.78, 5) is 30.6. The van der Waals surface area contributed by atoms with Crippen LogP contribution in [-0.4, -0.2) is 70.2 Å². The fraction of sp³-hybridized carbons (Fsp3) is 0.381. The standard InChI is InChI=1S/C21H22N6O5/c1-30-15-4-2-12(3-5-15)21-26-25-18(32-21)7-14-8-23-19(28)16-6-13(10-27(14)16)24-20(29)17-9-22-11-31-17/h2-5,9,11,13-14,16H,6-8,10H2,1H3,(H,23,28)(H,24,29)/t13-,14+,16-/m0/s1. The van der Waals surface area contributed by atoms with E-state index in [0.29, 0.717) is 37.7 Å². The van der Waals surface area contributed by atoms with Crippen LogP contribution in [0.4, 0.5) is 0 Å². The number of oxazole rings is 1. The smallest absolute Gasteiger partial charge is 0.288 e. The largest absolute Gasteiger partial charge is 0.497 e. The summed E-state index contributed by atoms with van der Waals surface area (Å²) < 4.78 is 16.1. The molecule has 32 heavy (non-hydrogen) atoms. The highest BCUT2D eigenvalue weighted by atomic mass is 16.5. The maximum Gasteiger partial charge on any atom is 0.288 e. The number of nitrogens with zero attached hydrogens (tertiary/aromatic N) is 4. The zero-order chi connectivity index (χ0) is 22.1. The quantitative estimate of drug-likeness (QED) is 0.568. The first-order valence-electron chi connectivity index (χ1n) is 10.3. The van der Waals surface area contributed by atoms with Crippen molar-refractivity contribution in [2.24, 2.45) is 0 Å². The topological polar surface area (TPSA) is 136 Å². The van der Waals surface area contributed by atoms with E-state index in [2.05, 4.69) is 30.7 Å². The average molecular weight is 438 g/mol. The number of piperazine rings is 1. The molecule has 0 spiro atoms. The van der Waals surface area contributed by atoms with Crippen molar-refractivity contribution in [1.82, 2.24) is 30.7 Å². The number of nitrogens with one attached hydrogen (secondary N) is 2. The fourth-order valence-electron chi connectivity index (χ4n) is 4.24. The lowest BCUT2D eigenvalue weighted by atomic mass is 10.1. The fourth-order valence-corrected chi connectivity index (χ4v) is 4.24. The SMILES string of the molecule is COc1ccc(-c2nnc(C[C@@H]3CNC(=O)[C@@H]4C[C@H](NC(=O)c5cnco5)CN34)o2)cc1. The summed E-state index contributed by atoms with van der Waals surface area (Å²) in [7, 11) is 1.61. The molecule has 2 amide bonds. The number of fused-ring (bicyclic) bond motifs is 1. The Morgan fingerprint density at radius 2 is 2.16 bits per heavy atom. The van der Waals surface area contributed by atoms with Crippen LogP contribution in [0.1, 0.15) is 22.9 Å². The van der Waals surface area contributed by atoms with Gasteiger partial charge < -0.3 is 24.2 Å². The molecule has 0 saturated carbocycles. The molecule has 3 aromatic rings. The number of methoxy groups -OCH3 is 1. The molecule has 2 saturated heterocycles. The van der Waals surface area contributed by atoms with Crippen molar-refractivity contribution in [3.05, 3.63) is 48.5 Å². The normalized spacial score (nSPS) is 22.9. The third kappa shape index (κ3) is 3.94. The molecule has 1 aromatic carbocycles. The van der Waals surface area contributed by atoms with Gasteiger partial charge in [0.1, 0.15) is 5.75 Å². The molecule has 0 unspecified atom stereocenters. The predicted molar refractivity (Wildman–Crippen MR) is 110 cm³/mol. The van der Waals surface area contributed by atoms with Crippen molar-refractivity contribution in [2.75, 3.05) is 20.2 Å². The van der Waals surface area contributed by atoms with Gasteiger partial charge in [0.05, 0.1) is 19.3 Å². The zero-order valence-corrected chi connectivity index (χ0v) is 17.4. The van der Waals surface area contributed by atoms with Crippen LogP contribution < -0.4 is 15.4 Å². The molecule has 0 radical (unpaired) electrons. The van der Waals surface area contributed by atoms with Gasteiger partial charge in [0.15, 0.2) is 6.39 Å². The van der Waals surface area contributed by atoms with Crippen molar-refractivity contribution in [3.63, 3.8) is 0 Å². The van der Waals surface area contributed by atoms with E-state index < -0.39 is 0 Å². The van der Waals surface area contributed by atoms with Gasteiger partial charge in [0.2, 0.25) is 23.4 Å². The molecular formula is C21H22N6O5. The van der Waals surface area contributed by atoms with Crippen LogP contribution >= 0.6 is 0 Å². The molecule has 5 rings (SSSR count). The van der Waals surface area contributed by atoms with Gasteiger partial charge in [0.25, 0.3) is 5.91 Å². The summed E-state index contributed by atoms with van der Waals surface area (Å²) in [6, 6.07) is 6.86. The monoisotopic (exact) mass is 438 g/mol. The van der Waals surface area contributed by atoms with Crippen molar-refractivity contribution < 1.29 is 23.2 Å². The zero-order valence-electron chi connectivity index (χ0n) is 17.4. The number of aromatic nitrogens is 3. The minimum absolute atomic E-state index is 0.0194. The number of hydrogen-bond donors (Lipinski definition) is 2. The van der Waals surface area contributed by atoms with E-state index in [1.54, 1.807) is 7.11 Å². The first-order valence-corrected chi connectivity index (χ1v) is 10.3. The Hall–Kier alpha value is -3.73. The van der Waals surface area contributed by atoms with Crippen LogP contribution in [0.3, 0.4) is 0 Å². The van der Waals surface area contributed by atoms with E-state index >= 15 is 0 Å². The number of hydrogen-bond acceptors (Lipinski definition) is 9. The molecule has 0 aliphatic carbocycles. The van der Waals surface area contributed by atoms with E-state index in [4.69, 9.17) is 13.6 Å².